The van der Waals surface area contributed by atoms with Gasteiger partial charge in [0.2, 0.25) is 0 Å². The van der Waals surface area contributed by atoms with Crippen molar-refractivity contribution >= 4 is 76.1 Å². The molecule has 0 spiro atoms. The van der Waals surface area contributed by atoms with Gasteiger partial charge in [-0.05, 0) is 36.1 Å². The number of rotatable bonds is 14. The van der Waals surface area contributed by atoms with Crippen molar-refractivity contribution in [3.05, 3.63) is 106 Å². The molecule has 0 saturated carbocycles. The summed E-state index contributed by atoms with van der Waals surface area (Å²) < 4.78 is 31.9. The summed E-state index contributed by atoms with van der Waals surface area (Å²) in [5.74, 6) is -4.85. The third-order valence-corrected chi connectivity index (χ3v) is 8.30. The number of nitrogens with zero attached hydrogens (tertiary/aromatic N) is 1. The average Bonchev–Trinajstić information content (AvgIpc) is 3.10. The van der Waals surface area contributed by atoms with E-state index in [1.54, 1.807) is 54.8 Å². The van der Waals surface area contributed by atoms with Gasteiger partial charge in [0.25, 0.3) is 3.79 Å². The second-order valence-electron chi connectivity index (χ2n) is 10.4. The molecule has 0 bridgehead atoms. The predicted molar refractivity (Wildman–Crippen MR) is 180 cm³/mol. The maximum absolute atomic E-state index is 13.2. The van der Waals surface area contributed by atoms with Crippen molar-refractivity contribution in [1.29, 1.82) is 0 Å². The Hall–Kier alpha value is -4.12. The van der Waals surface area contributed by atoms with Crippen LogP contribution in [0.15, 0.2) is 78.9 Å². The number of thioether (sulfide) groups is 1. The Balaban J connectivity index is 1.59. The highest BCUT2D eigenvalue weighted by atomic mass is 35.6. The molecule has 3 aromatic rings. The van der Waals surface area contributed by atoms with Crippen LogP contribution in [0.1, 0.15) is 26.3 Å². The second kappa shape index (κ2) is 17.7. The SMILES string of the molecule is CS[C@@H]1O[C@H](COC(=O)COc2ccc(C(=O)O)cc2[N+](=O)[O-])[C@@H](OCc2ccccc2)[C@H](OC(=O)C(Cl)(Cl)Cl)[C@H]1OC(=O)c1ccccc1. The van der Waals surface area contributed by atoms with Gasteiger partial charge in [0.1, 0.15) is 24.3 Å². The van der Waals surface area contributed by atoms with Gasteiger partial charge in [0.05, 0.1) is 22.7 Å². The van der Waals surface area contributed by atoms with Crippen molar-refractivity contribution in [2.75, 3.05) is 19.5 Å². The van der Waals surface area contributed by atoms with Crippen LogP contribution in [-0.2, 0) is 39.9 Å². The molecule has 0 amide bonds. The Morgan fingerprint density at radius 1 is 0.920 bits per heavy atom. The number of carbonyl (C=O) groups is 4. The number of ether oxygens (including phenoxy) is 6. The number of hydrogen-bond donors (Lipinski definition) is 1. The maximum Gasteiger partial charge on any atom is 0.359 e. The number of carboxylic acids is 1. The van der Waals surface area contributed by atoms with E-state index in [2.05, 4.69) is 0 Å². The zero-order chi connectivity index (χ0) is 36.4. The zero-order valence-corrected chi connectivity index (χ0v) is 28.9. The molecule has 1 fully saturated rings. The van der Waals surface area contributed by atoms with Crippen LogP contribution >= 0.6 is 46.6 Å². The molecule has 4 rings (SSSR count). The Kier molecular flexibility index (Phi) is 13.7. The molecule has 1 aliphatic rings. The molecule has 1 saturated heterocycles. The number of esters is 3. The van der Waals surface area contributed by atoms with E-state index in [4.69, 9.17) is 68.3 Å². The van der Waals surface area contributed by atoms with Crippen molar-refractivity contribution < 1.29 is 57.6 Å². The number of nitro groups is 1. The first kappa shape index (κ1) is 38.7. The van der Waals surface area contributed by atoms with Crippen molar-refractivity contribution in [2.45, 2.75) is 40.3 Å². The molecule has 1 heterocycles. The highest BCUT2D eigenvalue weighted by molar-refractivity contribution is 7.99. The van der Waals surface area contributed by atoms with Gasteiger partial charge < -0.3 is 33.5 Å². The van der Waals surface area contributed by atoms with E-state index in [1.807, 2.05) is 0 Å². The number of benzene rings is 3. The summed E-state index contributed by atoms with van der Waals surface area (Å²) in [5, 5.41) is 20.6. The number of hydrogen-bond acceptors (Lipinski definition) is 13. The topological polar surface area (TPSA) is 187 Å². The largest absolute Gasteiger partial charge is 0.478 e. The fraction of sp³-hybridized carbons (Fsp3) is 0.312. The molecule has 0 radical (unpaired) electrons. The molecular formula is C32H28Cl3NO13S. The molecule has 14 nitrogen and oxygen atoms in total. The van der Waals surface area contributed by atoms with Gasteiger partial charge >= 0.3 is 29.6 Å². The number of nitro benzene ring substituents is 1. The van der Waals surface area contributed by atoms with E-state index in [0.717, 1.165) is 30.0 Å². The summed E-state index contributed by atoms with van der Waals surface area (Å²) in [5.41, 5.74) is -1.18. The Morgan fingerprint density at radius 2 is 1.58 bits per heavy atom. The lowest BCUT2D eigenvalue weighted by atomic mass is 9.99. The minimum Gasteiger partial charge on any atom is -0.478 e. The molecular weight excluding hydrogens is 745 g/mol. The van der Waals surface area contributed by atoms with E-state index < -0.39 is 81.3 Å². The summed E-state index contributed by atoms with van der Waals surface area (Å²) >= 11 is 18.6. The first-order valence-electron chi connectivity index (χ1n) is 14.5. The van der Waals surface area contributed by atoms with Gasteiger partial charge in [-0.25, -0.2) is 19.2 Å². The van der Waals surface area contributed by atoms with Gasteiger partial charge in [-0.2, -0.15) is 0 Å². The highest BCUT2D eigenvalue weighted by Crippen LogP contribution is 2.37. The first-order chi connectivity index (χ1) is 23.8. The van der Waals surface area contributed by atoms with Crippen LogP contribution in [0, 0.1) is 10.1 Å². The van der Waals surface area contributed by atoms with Crippen LogP contribution in [0.25, 0.3) is 0 Å². The molecule has 50 heavy (non-hydrogen) atoms. The standard InChI is InChI=1S/C32H28Cl3NO13S/c1-50-30-27(48-29(40)19-10-6-3-7-11-19)26(49-31(41)32(33,34)35)25(46-15-18-8-4-2-5-9-18)23(47-30)16-45-24(37)17-44-22-13-12-20(28(38)39)14-21(22)36(42)43/h2-14,23,25-27,30H,15-17H2,1H3,(H,38,39)/t23-,25-,26+,27-,30+/m1/s1. The fourth-order valence-electron chi connectivity index (χ4n) is 4.65. The summed E-state index contributed by atoms with van der Waals surface area (Å²) in [6.07, 6.45) is -3.62. The van der Waals surface area contributed by atoms with Gasteiger partial charge in [0, 0.05) is 6.07 Å². The molecule has 1 aliphatic heterocycles. The number of aromatic carboxylic acids is 1. The van der Waals surface area contributed by atoms with E-state index in [9.17, 15) is 29.3 Å². The zero-order valence-electron chi connectivity index (χ0n) is 25.8. The van der Waals surface area contributed by atoms with Crippen LogP contribution < -0.4 is 4.74 Å². The van der Waals surface area contributed by atoms with Crippen molar-refractivity contribution in [2.24, 2.45) is 0 Å². The molecule has 266 valence electrons. The fourth-order valence-corrected chi connectivity index (χ4v) is 5.52. The van der Waals surface area contributed by atoms with Gasteiger partial charge in [-0.15, -0.1) is 11.8 Å². The maximum atomic E-state index is 13.2. The molecule has 3 aromatic carbocycles. The molecule has 0 aliphatic carbocycles. The third kappa shape index (κ3) is 10.4. The smallest absolute Gasteiger partial charge is 0.359 e. The quantitative estimate of drug-likeness (QED) is 0.0722. The van der Waals surface area contributed by atoms with E-state index in [0.29, 0.717) is 5.56 Å². The minimum absolute atomic E-state index is 0.0659. The summed E-state index contributed by atoms with van der Waals surface area (Å²) in [6.45, 7) is -1.41. The lowest BCUT2D eigenvalue weighted by Crippen LogP contribution is -2.61. The lowest BCUT2D eigenvalue weighted by Gasteiger charge is -2.44. The Labute approximate surface area is 303 Å². The van der Waals surface area contributed by atoms with Gasteiger partial charge in [0.15, 0.2) is 24.6 Å². The average molecular weight is 773 g/mol. The molecule has 0 aromatic heterocycles. The van der Waals surface area contributed by atoms with E-state index in [1.165, 1.54) is 12.1 Å². The highest BCUT2D eigenvalue weighted by Gasteiger charge is 2.53. The van der Waals surface area contributed by atoms with Crippen LogP contribution in [-0.4, -0.2) is 87.0 Å². The van der Waals surface area contributed by atoms with E-state index in [-0.39, 0.29) is 23.5 Å². The number of carboxylic acid groups (broad SMARTS) is 1. The number of halogens is 3. The summed E-state index contributed by atoms with van der Waals surface area (Å²) in [7, 11) is 0. The molecule has 18 heteroatoms. The van der Waals surface area contributed by atoms with Crippen molar-refractivity contribution in [3.63, 3.8) is 0 Å². The van der Waals surface area contributed by atoms with Crippen molar-refractivity contribution in [1.82, 2.24) is 0 Å². The minimum atomic E-state index is -2.53. The molecule has 5 atom stereocenters. The van der Waals surface area contributed by atoms with Crippen LogP contribution in [0.2, 0.25) is 0 Å². The predicted octanol–water partition coefficient (Wildman–Crippen LogP) is 5.40. The first-order valence-corrected chi connectivity index (χ1v) is 16.9. The molecule has 1 N–H and O–H groups in total. The van der Waals surface area contributed by atoms with Crippen molar-refractivity contribution in [3.8, 4) is 5.75 Å². The normalized spacial score (nSPS) is 20.3. The number of carbonyl (C=O) groups excluding carboxylic acids is 3. The second-order valence-corrected chi connectivity index (χ2v) is 13.6. The van der Waals surface area contributed by atoms with Crippen LogP contribution in [0.5, 0.6) is 5.75 Å². The lowest BCUT2D eigenvalue weighted by molar-refractivity contribution is -0.385. The van der Waals surface area contributed by atoms with E-state index >= 15 is 0 Å². The number of alkyl halides is 3. The monoisotopic (exact) mass is 771 g/mol. The third-order valence-electron chi connectivity index (χ3n) is 6.99. The molecule has 0 unspecified atom stereocenters. The Morgan fingerprint density at radius 3 is 2.18 bits per heavy atom. The van der Waals surface area contributed by atoms with Crippen LogP contribution in [0.3, 0.4) is 0 Å². The summed E-state index contributed by atoms with van der Waals surface area (Å²) in [4.78, 5) is 60.7. The summed E-state index contributed by atoms with van der Waals surface area (Å²) in [6, 6.07) is 19.7. The Bertz CT molecular complexity index is 1680. The van der Waals surface area contributed by atoms with Gasteiger partial charge in [-0.1, -0.05) is 83.3 Å². The van der Waals surface area contributed by atoms with Crippen LogP contribution in [0.4, 0.5) is 5.69 Å². The van der Waals surface area contributed by atoms with Gasteiger partial charge in [-0.3, -0.25) is 10.1 Å².